The average molecular weight is 258 g/mol. The molecule has 0 radical (unpaired) electrons. The molecule has 0 aliphatic heterocycles. The number of aryl methyl sites for hydroxylation is 1. The van der Waals surface area contributed by atoms with Crippen LogP contribution >= 0.6 is 11.6 Å². The van der Waals surface area contributed by atoms with E-state index < -0.39 is 12.1 Å². The van der Waals surface area contributed by atoms with E-state index in [0.29, 0.717) is 16.1 Å². The second-order valence-corrected chi connectivity index (χ2v) is 5.00. The van der Waals surface area contributed by atoms with E-state index in [1.54, 1.807) is 19.1 Å². The maximum absolute atomic E-state index is 10.1. The van der Waals surface area contributed by atoms with Crippen LogP contribution in [0.2, 0.25) is 5.02 Å². The smallest absolute Gasteiger partial charge is 0.123 e. The van der Waals surface area contributed by atoms with Gasteiger partial charge in [-0.15, -0.1) is 0 Å². The molecule has 0 aromatic heterocycles. The Morgan fingerprint density at radius 3 is 2.53 bits per heavy atom. The zero-order valence-corrected chi connectivity index (χ0v) is 11.2. The monoisotopic (exact) mass is 257 g/mol. The van der Waals surface area contributed by atoms with Gasteiger partial charge in [-0.3, -0.25) is 0 Å². The van der Waals surface area contributed by atoms with Crippen molar-refractivity contribution in [1.29, 1.82) is 0 Å². The fourth-order valence-electron chi connectivity index (χ4n) is 1.79. The van der Waals surface area contributed by atoms with Gasteiger partial charge < -0.3 is 15.9 Å². The Labute approximate surface area is 107 Å². The van der Waals surface area contributed by atoms with Crippen molar-refractivity contribution >= 4 is 11.6 Å². The van der Waals surface area contributed by atoms with Crippen LogP contribution in [0.1, 0.15) is 37.4 Å². The second kappa shape index (κ2) is 5.71. The lowest BCUT2D eigenvalue weighted by molar-refractivity contribution is 0.0871. The maximum atomic E-state index is 10.1. The second-order valence-electron chi connectivity index (χ2n) is 4.56. The summed E-state index contributed by atoms with van der Waals surface area (Å²) in [6.45, 7) is 5.68. The molecule has 0 bridgehead atoms. The van der Waals surface area contributed by atoms with Gasteiger partial charge in [0.15, 0.2) is 0 Å². The number of aromatic hydroxyl groups is 1. The predicted molar refractivity (Wildman–Crippen MR) is 70.2 cm³/mol. The van der Waals surface area contributed by atoms with Crippen molar-refractivity contribution in [3.05, 3.63) is 28.3 Å². The van der Waals surface area contributed by atoms with Crippen molar-refractivity contribution in [3.63, 3.8) is 0 Å². The molecule has 17 heavy (non-hydrogen) atoms. The summed E-state index contributed by atoms with van der Waals surface area (Å²) in [5, 5.41) is 20.5. The summed E-state index contributed by atoms with van der Waals surface area (Å²) in [6, 6.07) is 2.66. The van der Waals surface area contributed by atoms with E-state index in [2.05, 4.69) is 0 Å². The minimum atomic E-state index is -0.691. The van der Waals surface area contributed by atoms with Gasteiger partial charge in [-0.2, -0.15) is 0 Å². The first-order chi connectivity index (χ1) is 7.88. The summed E-state index contributed by atoms with van der Waals surface area (Å²) in [4.78, 5) is 0. The standard InChI is InChI=1S/C13H20ClNO2/c1-4-7(2)13(17)11(15)10-6-9(14)5-8(3)12(10)16/h5-7,11,13,16-17H,4,15H2,1-3H3/t7?,11-,13+/m1/s1. The zero-order valence-electron chi connectivity index (χ0n) is 10.4. The first-order valence-corrected chi connectivity index (χ1v) is 6.18. The fourth-order valence-corrected chi connectivity index (χ4v) is 2.08. The Hall–Kier alpha value is -0.770. The third-order valence-corrected chi connectivity index (χ3v) is 3.47. The normalized spacial score (nSPS) is 16.6. The molecule has 4 heteroatoms. The minimum Gasteiger partial charge on any atom is -0.507 e. The zero-order chi connectivity index (χ0) is 13.2. The third-order valence-electron chi connectivity index (χ3n) is 3.25. The van der Waals surface area contributed by atoms with Gasteiger partial charge in [-0.25, -0.2) is 0 Å². The topological polar surface area (TPSA) is 66.5 Å². The Kier molecular flexibility index (Phi) is 4.80. The van der Waals surface area contributed by atoms with Gasteiger partial charge in [0, 0.05) is 10.6 Å². The number of hydrogen-bond donors (Lipinski definition) is 3. The molecule has 0 fully saturated rings. The molecule has 3 nitrogen and oxygen atoms in total. The molecule has 0 amide bonds. The van der Waals surface area contributed by atoms with Crippen molar-refractivity contribution < 1.29 is 10.2 Å². The summed E-state index contributed by atoms with van der Waals surface area (Å²) in [7, 11) is 0. The molecular formula is C13H20ClNO2. The van der Waals surface area contributed by atoms with Crippen LogP contribution in [0.15, 0.2) is 12.1 Å². The highest BCUT2D eigenvalue weighted by Crippen LogP contribution is 2.33. The number of aliphatic hydroxyl groups is 1. The lowest BCUT2D eigenvalue weighted by Gasteiger charge is -2.25. The molecule has 0 saturated heterocycles. The number of nitrogens with two attached hydrogens (primary N) is 1. The molecule has 0 aliphatic carbocycles. The van der Waals surface area contributed by atoms with E-state index >= 15 is 0 Å². The summed E-state index contributed by atoms with van der Waals surface area (Å²) in [5.74, 6) is 0.188. The number of phenolic OH excluding ortho intramolecular Hbond substituents is 1. The van der Waals surface area contributed by atoms with Crippen LogP contribution in [0.4, 0.5) is 0 Å². The molecular weight excluding hydrogens is 238 g/mol. The van der Waals surface area contributed by atoms with E-state index in [9.17, 15) is 10.2 Å². The van der Waals surface area contributed by atoms with Gasteiger partial charge in [0.2, 0.25) is 0 Å². The molecule has 0 heterocycles. The van der Waals surface area contributed by atoms with Gasteiger partial charge in [-0.1, -0.05) is 31.9 Å². The number of halogens is 1. The number of aliphatic hydroxyl groups excluding tert-OH is 1. The molecule has 3 atom stereocenters. The van der Waals surface area contributed by atoms with Crippen LogP contribution in [-0.2, 0) is 0 Å². The number of benzene rings is 1. The van der Waals surface area contributed by atoms with Gasteiger partial charge in [0.1, 0.15) is 5.75 Å². The van der Waals surface area contributed by atoms with Crippen molar-refractivity contribution in [2.24, 2.45) is 11.7 Å². The Morgan fingerprint density at radius 1 is 1.41 bits per heavy atom. The first-order valence-electron chi connectivity index (χ1n) is 5.81. The van der Waals surface area contributed by atoms with E-state index in [1.165, 1.54) is 0 Å². The summed E-state index contributed by atoms with van der Waals surface area (Å²) in [5.41, 5.74) is 7.15. The van der Waals surface area contributed by atoms with Crippen molar-refractivity contribution in [2.45, 2.75) is 39.3 Å². The van der Waals surface area contributed by atoms with Gasteiger partial charge in [-0.05, 0) is 30.5 Å². The highest BCUT2D eigenvalue weighted by atomic mass is 35.5. The summed E-state index contributed by atoms with van der Waals surface area (Å²) in [6.07, 6.45) is 0.138. The highest BCUT2D eigenvalue weighted by molar-refractivity contribution is 6.30. The molecule has 96 valence electrons. The fraction of sp³-hybridized carbons (Fsp3) is 0.538. The van der Waals surface area contributed by atoms with Crippen LogP contribution in [0, 0.1) is 12.8 Å². The third kappa shape index (κ3) is 3.12. The molecule has 1 unspecified atom stereocenters. The lowest BCUT2D eigenvalue weighted by atomic mass is 9.90. The summed E-state index contributed by atoms with van der Waals surface area (Å²) >= 11 is 5.94. The summed E-state index contributed by atoms with van der Waals surface area (Å²) < 4.78 is 0. The minimum absolute atomic E-state index is 0.0729. The Morgan fingerprint density at radius 2 is 2.00 bits per heavy atom. The highest BCUT2D eigenvalue weighted by Gasteiger charge is 2.25. The van der Waals surface area contributed by atoms with Gasteiger partial charge in [0.05, 0.1) is 12.1 Å². The molecule has 4 N–H and O–H groups in total. The van der Waals surface area contributed by atoms with Crippen molar-refractivity contribution in [3.8, 4) is 5.75 Å². The van der Waals surface area contributed by atoms with Gasteiger partial charge in [0.25, 0.3) is 0 Å². The molecule has 1 aromatic carbocycles. The Balaban J connectivity index is 3.07. The predicted octanol–water partition coefficient (Wildman–Crippen LogP) is 2.76. The molecule has 1 aromatic rings. The first kappa shape index (κ1) is 14.3. The largest absolute Gasteiger partial charge is 0.507 e. The molecule has 0 spiro atoms. The van der Waals surface area contributed by atoms with Gasteiger partial charge >= 0.3 is 0 Å². The molecule has 0 saturated carbocycles. The number of phenols is 1. The number of hydrogen-bond acceptors (Lipinski definition) is 3. The van der Waals surface area contributed by atoms with E-state index in [1.807, 2.05) is 13.8 Å². The molecule has 1 rings (SSSR count). The maximum Gasteiger partial charge on any atom is 0.123 e. The van der Waals surface area contributed by atoms with Crippen LogP contribution in [0.5, 0.6) is 5.75 Å². The number of rotatable bonds is 4. The average Bonchev–Trinajstić information content (AvgIpc) is 2.30. The quantitative estimate of drug-likeness (QED) is 0.777. The Bertz CT molecular complexity index is 395. The van der Waals surface area contributed by atoms with Crippen LogP contribution in [0.3, 0.4) is 0 Å². The lowest BCUT2D eigenvalue weighted by Crippen LogP contribution is -2.31. The van der Waals surface area contributed by atoms with Crippen LogP contribution in [0.25, 0.3) is 0 Å². The van der Waals surface area contributed by atoms with E-state index in [0.717, 1.165) is 6.42 Å². The SMILES string of the molecule is CCC(C)[C@H](O)[C@H](N)c1cc(Cl)cc(C)c1O. The van der Waals surface area contributed by atoms with E-state index in [-0.39, 0.29) is 11.7 Å². The molecule has 0 aliphatic rings. The van der Waals surface area contributed by atoms with Crippen LogP contribution in [-0.4, -0.2) is 16.3 Å². The van der Waals surface area contributed by atoms with Crippen LogP contribution < -0.4 is 5.73 Å². The van der Waals surface area contributed by atoms with Crippen molar-refractivity contribution in [1.82, 2.24) is 0 Å². The van der Waals surface area contributed by atoms with E-state index in [4.69, 9.17) is 17.3 Å². The van der Waals surface area contributed by atoms with Crippen molar-refractivity contribution in [2.75, 3.05) is 0 Å².